The van der Waals surface area contributed by atoms with Crippen LogP contribution in [0.2, 0.25) is 0 Å². The Hall–Kier alpha value is -1.45. The van der Waals surface area contributed by atoms with Gasteiger partial charge in [0.15, 0.2) is 0 Å². The highest BCUT2D eigenvalue weighted by Crippen LogP contribution is 2.26. The van der Waals surface area contributed by atoms with Crippen molar-refractivity contribution >= 4 is 10.9 Å². The highest BCUT2D eigenvalue weighted by atomic mass is 16.5. The van der Waals surface area contributed by atoms with Gasteiger partial charge in [0, 0.05) is 31.3 Å². The van der Waals surface area contributed by atoms with E-state index in [4.69, 9.17) is 9.72 Å². The lowest BCUT2D eigenvalue weighted by molar-refractivity contribution is 0.199. The molecule has 2 rings (SSSR count). The van der Waals surface area contributed by atoms with Gasteiger partial charge in [-0.1, -0.05) is 19.9 Å². The highest BCUT2D eigenvalue weighted by molar-refractivity contribution is 5.86. The zero-order valence-corrected chi connectivity index (χ0v) is 13.8. The van der Waals surface area contributed by atoms with Crippen molar-refractivity contribution < 1.29 is 4.74 Å². The first-order valence-corrected chi connectivity index (χ1v) is 7.63. The average molecular weight is 286 g/mol. The van der Waals surface area contributed by atoms with Crippen LogP contribution in [0.25, 0.3) is 10.9 Å². The second-order valence-electron chi connectivity index (χ2n) is 6.01. The summed E-state index contributed by atoms with van der Waals surface area (Å²) in [5.41, 5.74) is 6.18. The summed E-state index contributed by atoms with van der Waals surface area (Å²) in [6, 6.07) is 6.67. The van der Waals surface area contributed by atoms with E-state index in [1.165, 1.54) is 22.1 Å². The van der Waals surface area contributed by atoms with Crippen molar-refractivity contribution in [2.45, 2.75) is 40.2 Å². The maximum atomic E-state index is 5.09. The SMILES string of the molecule is COCCNCc1cc(C(C)C)nc2cc(C)cc(C)c12. The van der Waals surface area contributed by atoms with Gasteiger partial charge in [0.25, 0.3) is 0 Å². The second kappa shape index (κ2) is 7.01. The summed E-state index contributed by atoms with van der Waals surface area (Å²) in [5, 5.41) is 4.74. The van der Waals surface area contributed by atoms with Crippen LogP contribution in [0.4, 0.5) is 0 Å². The number of fused-ring (bicyclic) bond motifs is 1. The van der Waals surface area contributed by atoms with Crippen molar-refractivity contribution in [3.05, 3.63) is 40.6 Å². The van der Waals surface area contributed by atoms with Gasteiger partial charge >= 0.3 is 0 Å². The molecule has 2 aromatic rings. The predicted molar refractivity (Wildman–Crippen MR) is 88.9 cm³/mol. The lowest BCUT2D eigenvalue weighted by Gasteiger charge is -2.15. The lowest BCUT2D eigenvalue weighted by atomic mass is 9.98. The molecule has 1 N–H and O–H groups in total. The van der Waals surface area contributed by atoms with Gasteiger partial charge in [0.05, 0.1) is 12.1 Å². The topological polar surface area (TPSA) is 34.1 Å². The predicted octanol–water partition coefficient (Wildman–Crippen LogP) is 3.71. The third kappa shape index (κ3) is 3.80. The lowest BCUT2D eigenvalue weighted by Crippen LogP contribution is -2.19. The molecule has 0 saturated heterocycles. The molecule has 1 aromatic heterocycles. The third-order valence-electron chi connectivity index (χ3n) is 3.74. The van der Waals surface area contributed by atoms with E-state index in [0.29, 0.717) is 5.92 Å². The summed E-state index contributed by atoms with van der Waals surface area (Å²) in [4.78, 5) is 4.85. The van der Waals surface area contributed by atoms with E-state index in [1.54, 1.807) is 7.11 Å². The Morgan fingerprint density at radius 3 is 2.62 bits per heavy atom. The molecule has 0 aliphatic carbocycles. The molecule has 0 bridgehead atoms. The van der Waals surface area contributed by atoms with Crippen molar-refractivity contribution in [2.24, 2.45) is 0 Å². The number of benzene rings is 1. The molecule has 0 atom stereocenters. The van der Waals surface area contributed by atoms with Crippen LogP contribution in [0.1, 0.15) is 42.1 Å². The minimum atomic E-state index is 0.438. The minimum absolute atomic E-state index is 0.438. The maximum absolute atomic E-state index is 5.09. The van der Waals surface area contributed by atoms with Crippen LogP contribution >= 0.6 is 0 Å². The van der Waals surface area contributed by atoms with E-state index in [-0.39, 0.29) is 0 Å². The average Bonchev–Trinajstić information content (AvgIpc) is 2.42. The molecular weight excluding hydrogens is 260 g/mol. The van der Waals surface area contributed by atoms with Crippen molar-refractivity contribution in [3.63, 3.8) is 0 Å². The summed E-state index contributed by atoms with van der Waals surface area (Å²) < 4.78 is 5.09. The second-order valence-corrected chi connectivity index (χ2v) is 6.01. The molecule has 0 saturated carbocycles. The van der Waals surface area contributed by atoms with Crippen molar-refractivity contribution in [3.8, 4) is 0 Å². The Bertz CT molecular complexity index is 620. The number of aryl methyl sites for hydroxylation is 2. The van der Waals surface area contributed by atoms with Gasteiger partial charge in [0.2, 0.25) is 0 Å². The molecule has 1 heterocycles. The van der Waals surface area contributed by atoms with Gasteiger partial charge in [-0.05, 0) is 48.6 Å². The Labute approximate surface area is 127 Å². The zero-order chi connectivity index (χ0) is 15.4. The number of nitrogens with zero attached hydrogens (tertiary/aromatic N) is 1. The molecule has 0 spiro atoms. The molecule has 3 nitrogen and oxygen atoms in total. The Balaban J connectivity index is 2.44. The number of rotatable bonds is 6. The van der Waals surface area contributed by atoms with E-state index in [2.05, 4.69) is 51.2 Å². The standard InChI is InChI=1S/C18H26N2O/c1-12(2)16-10-15(11-19-6-7-21-5)18-14(4)8-13(3)9-17(18)20-16/h8-10,12,19H,6-7,11H2,1-5H3. The van der Waals surface area contributed by atoms with Gasteiger partial charge in [0.1, 0.15) is 0 Å². The molecule has 0 aliphatic rings. The number of methoxy groups -OCH3 is 1. The fourth-order valence-electron chi connectivity index (χ4n) is 2.71. The van der Waals surface area contributed by atoms with E-state index in [1.807, 2.05) is 0 Å². The third-order valence-corrected chi connectivity index (χ3v) is 3.74. The molecule has 0 fully saturated rings. The molecular formula is C18H26N2O. The summed E-state index contributed by atoms with van der Waals surface area (Å²) in [7, 11) is 1.73. The quantitative estimate of drug-likeness (QED) is 0.822. The summed E-state index contributed by atoms with van der Waals surface area (Å²) >= 11 is 0. The summed E-state index contributed by atoms with van der Waals surface area (Å²) in [6.45, 7) is 11.1. The first kappa shape index (κ1) is 15.9. The maximum Gasteiger partial charge on any atom is 0.0713 e. The van der Waals surface area contributed by atoms with Gasteiger partial charge in [-0.25, -0.2) is 0 Å². The number of ether oxygens (including phenoxy) is 1. The number of nitrogens with one attached hydrogen (secondary N) is 1. The molecule has 3 heteroatoms. The summed E-state index contributed by atoms with van der Waals surface area (Å²) in [6.07, 6.45) is 0. The molecule has 114 valence electrons. The first-order valence-electron chi connectivity index (χ1n) is 7.63. The minimum Gasteiger partial charge on any atom is -0.383 e. The number of hydrogen-bond donors (Lipinski definition) is 1. The Morgan fingerprint density at radius 2 is 1.95 bits per heavy atom. The van der Waals surface area contributed by atoms with Crippen LogP contribution in [-0.2, 0) is 11.3 Å². The largest absolute Gasteiger partial charge is 0.383 e. The van der Waals surface area contributed by atoms with E-state index >= 15 is 0 Å². The fourth-order valence-corrected chi connectivity index (χ4v) is 2.71. The van der Waals surface area contributed by atoms with Gasteiger partial charge in [-0.2, -0.15) is 0 Å². The Kier molecular flexibility index (Phi) is 5.32. The van der Waals surface area contributed by atoms with Crippen LogP contribution in [0, 0.1) is 13.8 Å². The first-order chi connectivity index (χ1) is 10.0. The van der Waals surface area contributed by atoms with Gasteiger partial charge in [-0.15, -0.1) is 0 Å². The monoisotopic (exact) mass is 286 g/mol. The van der Waals surface area contributed by atoms with E-state index in [0.717, 1.165) is 30.9 Å². The van der Waals surface area contributed by atoms with Crippen LogP contribution in [0.3, 0.4) is 0 Å². The van der Waals surface area contributed by atoms with Crippen molar-refractivity contribution in [1.82, 2.24) is 10.3 Å². The number of pyridine rings is 1. The number of hydrogen-bond acceptors (Lipinski definition) is 3. The molecule has 0 unspecified atom stereocenters. The molecule has 21 heavy (non-hydrogen) atoms. The van der Waals surface area contributed by atoms with E-state index in [9.17, 15) is 0 Å². The molecule has 1 aromatic carbocycles. The van der Waals surface area contributed by atoms with Crippen LogP contribution in [0.15, 0.2) is 18.2 Å². The fraction of sp³-hybridized carbons (Fsp3) is 0.500. The van der Waals surface area contributed by atoms with Crippen LogP contribution < -0.4 is 5.32 Å². The van der Waals surface area contributed by atoms with Crippen LogP contribution in [0.5, 0.6) is 0 Å². The summed E-state index contributed by atoms with van der Waals surface area (Å²) in [5.74, 6) is 0.438. The Morgan fingerprint density at radius 1 is 1.19 bits per heavy atom. The van der Waals surface area contributed by atoms with Crippen molar-refractivity contribution in [1.29, 1.82) is 0 Å². The smallest absolute Gasteiger partial charge is 0.0713 e. The van der Waals surface area contributed by atoms with Crippen molar-refractivity contribution in [2.75, 3.05) is 20.3 Å². The zero-order valence-electron chi connectivity index (χ0n) is 13.8. The number of aromatic nitrogens is 1. The normalized spacial score (nSPS) is 11.5. The molecule has 0 radical (unpaired) electrons. The van der Waals surface area contributed by atoms with Gasteiger partial charge in [-0.3, -0.25) is 4.98 Å². The molecule has 0 amide bonds. The molecule has 0 aliphatic heterocycles. The van der Waals surface area contributed by atoms with E-state index < -0.39 is 0 Å². The van der Waals surface area contributed by atoms with Crippen LogP contribution in [-0.4, -0.2) is 25.2 Å². The van der Waals surface area contributed by atoms with Gasteiger partial charge < -0.3 is 10.1 Å². The highest BCUT2D eigenvalue weighted by Gasteiger charge is 2.11.